The Morgan fingerprint density at radius 1 is 1.32 bits per heavy atom. The highest BCUT2D eigenvalue weighted by Crippen LogP contribution is 2.30. The monoisotopic (exact) mass is 338 g/mol. The highest BCUT2D eigenvalue weighted by molar-refractivity contribution is 9.10. The molecule has 0 aliphatic carbocycles. The van der Waals surface area contributed by atoms with Crippen LogP contribution in [-0.2, 0) is 0 Å². The number of aryl methyl sites for hydroxylation is 1. The highest BCUT2D eigenvalue weighted by Gasteiger charge is 2.16. The van der Waals surface area contributed by atoms with Gasteiger partial charge in [-0.05, 0) is 59.1 Å². The Morgan fingerprint density at radius 2 is 2.05 bits per heavy atom. The summed E-state index contributed by atoms with van der Waals surface area (Å²) in [4.78, 5) is 6.63. The van der Waals surface area contributed by atoms with E-state index >= 15 is 0 Å². The van der Waals surface area contributed by atoms with Crippen molar-refractivity contribution < 1.29 is 0 Å². The van der Waals surface area contributed by atoms with Crippen molar-refractivity contribution in [2.24, 2.45) is 0 Å². The Labute approximate surface area is 127 Å². The summed E-state index contributed by atoms with van der Waals surface area (Å²) in [6.07, 6.45) is 1.88. The second-order valence-corrected chi connectivity index (χ2v) is 5.95. The molecule has 2 rings (SSSR count). The summed E-state index contributed by atoms with van der Waals surface area (Å²) in [6, 6.07) is 10.2. The van der Waals surface area contributed by atoms with Gasteiger partial charge in [-0.25, -0.2) is 4.98 Å². The predicted octanol–water partition coefficient (Wildman–Crippen LogP) is 5.00. The van der Waals surface area contributed by atoms with E-state index < -0.39 is 0 Å². The van der Waals surface area contributed by atoms with Crippen molar-refractivity contribution in [3.05, 3.63) is 57.2 Å². The number of hydrogen-bond donors (Lipinski definition) is 0. The maximum Gasteiger partial charge on any atom is 0.143 e. The van der Waals surface area contributed by atoms with E-state index in [9.17, 15) is 0 Å². The van der Waals surface area contributed by atoms with Gasteiger partial charge >= 0.3 is 0 Å². The quantitative estimate of drug-likeness (QED) is 0.782. The fourth-order valence-corrected chi connectivity index (χ4v) is 2.90. The molecular formula is C15H16BrClN2. The second kappa shape index (κ2) is 5.93. The first kappa shape index (κ1) is 14.4. The van der Waals surface area contributed by atoms with E-state index in [0.29, 0.717) is 0 Å². The molecule has 1 aromatic heterocycles. The summed E-state index contributed by atoms with van der Waals surface area (Å²) in [7, 11) is 2.04. The lowest BCUT2D eigenvalue weighted by atomic mass is 10.1. The van der Waals surface area contributed by atoms with Gasteiger partial charge in [0.05, 0.1) is 10.5 Å². The first-order valence-corrected chi connectivity index (χ1v) is 7.26. The highest BCUT2D eigenvalue weighted by atomic mass is 79.9. The lowest BCUT2D eigenvalue weighted by molar-refractivity contribution is 0.726. The third-order valence-corrected chi connectivity index (χ3v) is 4.02. The molecule has 100 valence electrons. The fraction of sp³-hybridized carbons (Fsp3) is 0.267. The third kappa shape index (κ3) is 3.28. The number of benzene rings is 1. The van der Waals surface area contributed by atoms with Gasteiger partial charge in [0.2, 0.25) is 0 Å². The lowest BCUT2D eigenvalue weighted by Crippen LogP contribution is -2.23. The summed E-state index contributed by atoms with van der Waals surface area (Å²) in [5, 5.41) is 0.758. The van der Waals surface area contributed by atoms with E-state index in [1.165, 1.54) is 5.56 Å². The van der Waals surface area contributed by atoms with Crippen molar-refractivity contribution in [1.82, 2.24) is 4.98 Å². The zero-order chi connectivity index (χ0) is 14.0. The van der Waals surface area contributed by atoms with E-state index in [2.05, 4.69) is 44.9 Å². The number of aromatic nitrogens is 1. The van der Waals surface area contributed by atoms with E-state index in [1.54, 1.807) is 0 Å². The number of nitrogens with zero attached hydrogens (tertiary/aromatic N) is 2. The standard InChI is InChI=1S/C15H16BrClN2/c1-10-7-14(16)15(18-9-10)19(3)11(2)12-5-4-6-13(17)8-12/h4-9,11H,1-3H3. The molecule has 0 spiro atoms. The van der Waals surface area contributed by atoms with Crippen LogP contribution < -0.4 is 4.90 Å². The SMILES string of the molecule is Cc1cnc(N(C)C(C)c2cccc(Cl)c2)c(Br)c1. The Kier molecular flexibility index (Phi) is 4.48. The molecule has 0 aliphatic heterocycles. The maximum atomic E-state index is 6.05. The minimum absolute atomic E-state index is 0.199. The van der Waals surface area contributed by atoms with Gasteiger partial charge in [-0.3, -0.25) is 0 Å². The topological polar surface area (TPSA) is 16.1 Å². The Balaban J connectivity index is 2.30. The number of rotatable bonds is 3. The van der Waals surface area contributed by atoms with Crippen molar-refractivity contribution in [2.45, 2.75) is 19.9 Å². The predicted molar refractivity (Wildman–Crippen MR) is 84.9 cm³/mol. The number of halogens is 2. The molecule has 0 saturated carbocycles. The molecular weight excluding hydrogens is 324 g/mol. The average Bonchev–Trinajstić information content (AvgIpc) is 2.37. The van der Waals surface area contributed by atoms with E-state index in [1.807, 2.05) is 38.4 Å². The van der Waals surface area contributed by atoms with Gasteiger partial charge in [-0.2, -0.15) is 0 Å². The van der Waals surface area contributed by atoms with Crippen LogP contribution in [0.3, 0.4) is 0 Å². The third-order valence-electron chi connectivity index (χ3n) is 3.20. The van der Waals surface area contributed by atoms with Gasteiger partial charge in [-0.15, -0.1) is 0 Å². The van der Waals surface area contributed by atoms with Crippen molar-refractivity contribution in [3.63, 3.8) is 0 Å². The van der Waals surface area contributed by atoms with Crippen LogP contribution in [-0.4, -0.2) is 12.0 Å². The molecule has 1 unspecified atom stereocenters. The fourth-order valence-electron chi connectivity index (χ4n) is 1.96. The summed E-state index contributed by atoms with van der Waals surface area (Å²) < 4.78 is 1.00. The Morgan fingerprint density at radius 3 is 2.68 bits per heavy atom. The van der Waals surface area contributed by atoms with Crippen LogP contribution in [0.25, 0.3) is 0 Å². The Hall–Kier alpha value is -1.06. The van der Waals surface area contributed by atoms with Gasteiger partial charge < -0.3 is 4.90 Å². The smallest absolute Gasteiger partial charge is 0.143 e. The first-order chi connectivity index (χ1) is 8.99. The number of hydrogen-bond acceptors (Lipinski definition) is 2. The van der Waals surface area contributed by atoms with Crippen molar-refractivity contribution >= 4 is 33.3 Å². The molecule has 1 aromatic carbocycles. The maximum absolute atomic E-state index is 6.05. The molecule has 2 nitrogen and oxygen atoms in total. The van der Waals surface area contributed by atoms with Crippen LogP contribution in [0, 0.1) is 6.92 Å². The minimum atomic E-state index is 0.199. The van der Waals surface area contributed by atoms with Gasteiger partial charge in [0.25, 0.3) is 0 Å². The van der Waals surface area contributed by atoms with E-state index in [4.69, 9.17) is 11.6 Å². The van der Waals surface area contributed by atoms with Crippen molar-refractivity contribution in [1.29, 1.82) is 0 Å². The normalized spacial score (nSPS) is 12.3. The summed E-state index contributed by atoms with van der Waals surface area (Å²) in [5.41, 5.74) is 2.31. The summed E-state index contributed by atoms with van der Waals surface area (Å²) >= 11 is 9.62. The summed E-state index contributed by atoms with van der Waals surface area (Å²) in [5.74, 6) is 0.929. The van der Waals surface area contributed by atoms with Crippen LogP contribution in [0.1, 0.15) is 24.1 Å². The molecule has 0 amide bonds. The van der Waals surface area contributed by atoms with Gasteiger partial charge in [0, 0.05) is 18.3 Å². The van der Waals surface area contributed by atoms with Gasteiger partial charge in [0.1, 0.15) is 5.82 Å². The summed E-state index contributed by atoms with van der Waals surface area (Å²) in [6.45, 7) is 4.17. The van der Waals surface area contributed by atoms with E-state index in [0.717, 1.165) is 20.9 Å². The van der Waals surface area contributed by atoms with Crippen LogP contribution in [0.2, 0.25) is 5.02 Å². The van der Waals surface area contributed by atoms with Crippen LogP contribution in [0.5, 0.6) is 0 Å². The lowest BCUT2D eigenvalue weighted by Gasteiger charge is -2.27. The molecule has 0 fully saturated rings. The molecule has 1 atom stereocenters. The number of pyridine rings is 1. The van der Waals surface area contributed by atoms with E-state index in [-0.39, 0.29) is 6.04 Å². The zero-order valence-electron chi connectivity index (χ0n) is 11.2. The molecule has 19 heavy (non-hydrogen) atoms. The molecule has 1 heterocycles. The van der Waals surface area contributed by atoms with Crippen LogP contribution in [0.15, 0.2) is 41.0 Å². The van der Waals surface area contributed by atoms with Crippen molar-refractivity contribution in [2.75, 3.05) is 11.9 Å². The van der Waals surface area contributed by atoms with Gasteiger partial charge in [-0.1, -0.05) is 23.7 Å². The first-order valence-electron chi connectivity index (χ1n) is 6.09. The average molecular weight is 340 g/mol. The van der Waals surface area contributed by atoms with Gasteiger partial charge in [0.15, 0.2) is 0 Å². The van der Waals surface area contributed by atoms with Crippen molar-refractivity contribution in [3.8, 4) is 0 Å². The molecule has 0 radical (unpaired) electrons. The second-order valence-electron chi connectivity index (χ2n) is 4.66. The molecule has 0 aliphatic rings. The molecule has 4 heteroatoms. The number of anilines is 1. The Bertz CT molecular complexity index is 586. The van der Waals surface area contributed by atoms with Crippen LogP contribution >= 0.6 is 27.5 Å². The zero-order valence-corrected chi connectivity index (χ0v) is 13.5. The molecule has 0 bridgehead atoms. The molecule has 2 aromatic rings. The molecule has 0 saturated heterocycles. The van der Waals surface area contributed by atoms with Crippen LogP contribution in [0.4, 0.5) is 5.82 Å². The largest absolute Gasteiger partial charge is 0.352 e. The minimum Gasteiger partial charge on any atom is -0.352 e. The molecule has 0 N–H and O–H groups in total.